The number of benzene rings is 1. The average molecular weight is 287 g/mol. The van der Waals surface area contributed by atoms with Gasteiger partial charge in [0.05, 0.1) is 6.61 Å². The van der Waals surface area contributed by atoms with E-state index >= 15 is 0 Å². The Labute approximate surface area is 121 Å². The summed E-state index contributed by atoms with van der Waals surface area (Å²) in [4.78, 5) is 25.8. The largest absolute Gasteiger partial charge is 0.494 e. The van der Waals surface area contributed by atoms with Crippen LogP contribution in [0.4, 0.5) is 0 Å². The van der Waals surface area contributed by atoms with Crippen molar-refractivity contribution >= 4 is 5.91 Å². The van der Waals surface area contributed by atoms with Gasteiger partial charge in [-0.25, -0.2) is 5.84 Å². The van der Waals surface area contributed by atoms with Gasteiger partial charge in [0.2, 0.25) is 0 Å². The molecule has 0 atom stereocenters. The maximum absolute atomic E-state index is 11.8. The van der Waals surface area contributed by atoms with Gasteiger partial charge in [0.1, 0.15) is 11.3 Å². The van der Waals surface area contributed by atoms with E-state index in [1.54, 1.807) is 6.07 Å². The first-order chi connectivity index (χ1) is 10.2. The molecule has 1 aromatic heterocycles. The predicted octanol–water partition coefficient (Wildman–Crippen LogP) is 1.43. The molecule has 4 N–H and O–H groups in total. The number of nitrogens with two attached hydrogens (primary N) is 1. The minimum Gasteiger partial charge on any atom is -0.494 e. The van der Waals surface area contributed by atoms with Crippen molar-refractivity contribution in [3.63, 3.8) is 0 Å². The zero-order chi connectivity index (χ0) is 15.2. The van der Waals surface area contributed by atoms with Crippen molar-refractivity contribution in [2.45, 2.75) is 13.3 Å². The lowest BCUT2D eigenvalue weighted by Gasteiger charge is -2.07. The average Bonchev–Trinajstić information content (AvgIpc) is 2.52. The quantitative estimate of drug-likeness (QED) is 0.440. The molecule has 2 aromatic rings. The number of hydrogen-bond acceptors (Lipinski definition) is 4. The first-order valence-corrected chi connectivity index (χ1v) is 6.63. The summed E-state index contributed by atoms with van der Waals surface area (Å²) in [5.74, 6) is 5.17. The van der Waals surface area contributed by atoms with E-state index in [4.69, 9.17) is 10.6 Å². The number of hydrazine groups is 1. The molecule has 0 aliphatic heterocycles. The van der Waals surface area contributed by atoms with Gasteiger partial charge in [-0.15, -0.1) is 0 Å². The van der Waals surface area contributed by atoms with Gasteiger partial charge >= 0.3 is 0 Å². The number of aromatic nitrogens is 1. The van der Waals surface area contributed by atoms with E-state index in [-0.39, 0.29) is 5.56 Å². The summed E-state index contributed by atoms with van der Waals surface area (Å²) in [7, 11) is 0. The van der Waals surface area contributed by atoms with Crippen LogP contribution in [0.2, 0.25) is 0 Å². The maximum atomic E-state index is 11.8. The summed E-state index contributed by atoms with van der Waals surface area (Å²) in [6, 6.07) is 10.5. The third-order valence-electron chi connectivity index (χ3n) is 2.92. The molecule has 0 aliphatic carbocycles. The zero-order valence-corrected chi connectivity index (χ0v) is 11.7. The third-order valence-corrected chi connectivity index (χ3v) is 2.92. The van der Waals surface area contributed by atoms with E-state index in [1.807, 2.05) is 36.6 Å². The minimum absolute atomic E-state index is 0.0239. The predicted molar refractivity (Wildman–Crippen MR) is 79.9 cm³/mol. The second-order valence-electron chi connectivity index (χ2n) is 4.46. The number of nitrogen functional groups attached to an aromatic ring is 1. The van der Waals surface area contributed by atoms with Crippen LogP contribution < -0.4 is 21.6 Å². The molecule has 0 aliphatic rings. The van der Waals surface area contributed by atoms with Gasteiger partial charge in [0, 0.05) is 5.69 Å². The fourth-order valence-corrected chi connectivity index (χ4v) is 1.85. The summed E-state index contributed by atoms with van der Waals surface area (Å²) in [6.45, 7) is 2.71. The molecule has 21 heavy (non-hydrogen) atoms. The molecule has 1 aromatic carbocycles. The highest BCUT2D eigenvalue weighted by Gasteiger charge is 2.09. The molecule has 1 amide bonds. The monoisotopic (exact) mass is 287 g/mol. The van der Waals surface area contributed by atoms with Gasteiger partial charge < -0.3 is 9.72 Å². The van der Waals surface area contributed by atoms with Crippen molar-refractivity contribution in [2.75, 3.05) is 6.61 Å². The van der Waals surface area contributed by atoms with Crippen LogP contribution in [0.25, 0.3) is 11.3 Å². The van der Waals surface area contributed by atoms with E-state index in [0.29, 0.717) is 12.3 Å². The zero-order valence-electron chi connectivity index (χ0n) is 11.7. The van der Waals surface area contributed by atoms with Crippen LogP contribution in [0.5, 0.6) is 5.75 Å². The number of pyridine rings is 1. The molecular weight excluding hydrogens is 270 g/mol. The molecule has 0 unspecified atom stereocenters. The number of carbonyl (C=O) groups excluding carboxylic acids is 1. The summed E-state index contributed by atoms with van der Waals surface area (Å²) in [6.07, 6.45) is 0.944. The highest BCUT2D eigenvalue weighted by Crippen LogP contribution is 2.20. The van der Waals surface area contributed by atoms with Crippen LogP contribution >= 0.6 is 0 Å². The van der Waals surface area contributed by atoms with Gasteiger partial charge in [-0.3, -0.25) is 15.0 Å². The number of carbonyl (C=O) groups is 1. The number of amides is 1. The van der Waals surface area contributed by atoms with Crippen LogP contribution in [-0.2, 0) is 0 Å². The van der Waals surface area contributed by atoms with Crippen molar-refractivity contribution in [3.8, 4) is 17.0 Å². The molecule has 110 valence electrons. The molecule has 2 rings (SSSR count). The lowest BCUT2D eigenvalue weighted by molar-refractivity contribution is 0.0952. The van der Waals surface area contributed by atoms with Crippen LogP contribution in [0.3, 0.4) is 0 Å². The molecule has 0 saturated heterocycles. The van der Waals surface area contributed by atoms with Crippen LogP contribution in [-0.4, -0.2) is 17.5 Å². The van der Waals surface area contributed by atoms with Gasteiger partial charge in [0.15, 0.2) is 0 Å². The molecule has 0 spiro atoms. The fraction of sp³-hybridized carbons (Fsp3) is 0.200. The van der Waals surface area contributed by atoms with E-state index < -0.39 is 11.5 Å². The summed E-state index contributed by atoms with van der Waals surface area (Å²) in [5, 5.41) is 0. The highest BCUT2D eigenvalue weighted by atomic mass is 16.5. The molecule has 0 saturated carbocycles. The Kier molecular flexibility index (Phi) is 4.73. The molecule has 0 bridgehead atoms. The Morgan fingerprint density at radius 2 is 1.95 bits per heavy atom. The maximum Gasteiger partial charge on any atom is 0.270 e. The molecule has 6 nitrogen and oxygen atoms in total. The number of H-pyrrole nitrogens is 1. The highest BCUT2D eigenvalue weighted by molar-refractivity contribution is 5.93. The third kappa shape index (κ3) is 3.49. The number of nitrogens with one attached hydrogen (secondary N) is 2. The van der Waals surface area contributed by atoms with Crippen molar-refractivity contribution in [1.29, 1.82) is 0 Å². The van der Waals surface area contributed by atoms with Crippen LogP contribution in [0.15, 0.2) is 41.2 Å². The van der Waals surface area contributed by atoms with Crippen LogP contribution in [0.1, 0.15) is 23.7 Å². The van der Waals surface area contributed by atoms with E-state index in [0.717, 1.165) is 17.7 Å². The van der Waals surface area contributed by atoms with E-state index in [2.05, 4.69) is 4.98 Å². The number of rotatable bonds is 5. The Bertz CT molecular complexity index is 677. The topological polar surface area (TPSA) is 97.2 Å². The Morgan fingerprint density at radius 3 is 2.52 bits per heavy atom. The molecule has 0 fully saturated rings. The fourth-order valence-electron chi connectivity index (χ4n) is 1.85. The van der Waals surface area contributed by atoms with Gasteiger partial charge in [-0.2, -0.15) is 0 Å². The van der Waals surface area contributed by atoms with Crippen molar-refractivity contribution in [3.05, 3.63) is 52.3 Å². The van der Waals surface area contributed by atoms with Gasteiger partial charge in [-0.1, -0.05) is 6.92 Å². The standard InChI is InChI=1S/C15H17N3O3/c1-2-9-21-11-5-3-10(4-6-11)13-8-7-12(14(19)17-13)15(20)18-16/h3-8H,2,9,16H2,1H3,(H,17,19)(H,18,20). The summed E-state index contributed by atoms with van der Waals surface area (Å²) in [5.41, 5.74) is 2.87. The molecule has 6 heteroatoms. The van der Waals surface area contributed by atoms with Crippen LogP contribution in [0, 0.1) is 0 Å². The Morgan fingerprint density at radius 1 is 1.24 bits per heavy atom. The molecule has 1 heterocycles. The lowest BCUT2D eigenvalue weighted by atomic mass is 10.1. The van der Waals surface area contributed by atoms with E-state index in [1.165, 1.54) is 6.07 Å². The first-order valence-electron chi connectivity index (χ1n) is 6.63. The normalized spacial score (nSPS) is 10.2. The second-order valence-corrected chi connectivity index (χ2v) is 4.46. The number of hydrogen-bond donors (Lipinski definition) is 3. The van der Waals surface area contributed by atoms with Gasteiger partial charge in [-0.05, 0) is 48.4 Å². The Balaban J connectivity index is 2.24. The summed E-state index contributed by atoms with van der Waals surface area (Å²) < 4.78 is 5.50. The number of ether oxygens (including phenoxy) is 1. The smallest absolute Gasteiger partial charge is 0.270 e. The lowest BCUT2D eigenvalue weighted by Crippen LogP contribution is -2.34. The van der Waals surface area contributed by atoms with Crippen molar-refractivity contribution < 1.29 is 9.53 Å². The molecular formula is C15H17N3O3. The van der Waals surface area contributed by atoms with Crippen molar-refractivity contribution in [2.24, 2.45) is 5.84 Å². The van der Waals surface area contributed by atoms with E-state index in [9.17, 15) is 9.59 Å². The van der Waals surface area contributed by atoms with Gasteiger partial charge in [0.25, 0.3) is 11.5 Å². The first kappa shape index (κ1) is 14.8. The van der Waals surface area contributed by atoms with Crippen molar-refractivity contribution in [1.82, 2.24) is 10.4 Å². The minimum atomic E-state index is -0.619. The SMILES string of the molecule is CCCOc1ccc(-c2ccc(C(=O)NN)c(=O)[nH]2)cc1. The Hall–Kier alpha value is -2.60. The second kappa shape index (κ2) is 6.71. The molecule has 0 radical (unpaired) electrons. The number of aromatic amines is 1. The summed E-state index contributed by atoms with van der Waals surface area (Å²) >= 11 is 0.